The molecule has 2 aliphatic heterocycles. The van der Waals surface area contributed by atoms with Crippen LogP contribution in [0.25, 0.3) is 0 Å². The molecular weight excluding hydrogens is 388 g/mol. The molecule has 0 saturated carbocycles. The third-order valence-corrected chi connectivity index (χ3v) is 6.14. The molecule has 0 unspecified atom stereocenters. The van der Waals surface area contributed by atoms with Gasteiger partial charge in [0.15, 0.2) is 0 Å². The number of aromatic nitrogens is 1. The Morgan fingerprint density at radius 1 is 1.10 bits per heavy atom. The SMILES string of the molecule is CC(C)(C)CCN1CCC(Oc2ccc(NC(=O)N3Cc4ccncc4C3)cc2)CC1. The number of ether oxygens (including phenoxy) is 1. The highest BCUT2D eigenvalue weighted by Gasteiger charge is 2.24. The maximum Gasteiger partial charge on any atom is 0.322 e. The van der Waals surface area contributed by atoms with E-state index in [9.17, 15) is 4.79 Å². The molecule has 2 amide bonds. The van der Waals surface area contributed by atoms with Crippen molar-refractivity contribution >= 4 is 11.7 Å². The van der Waals surface area contributed by atoms with Crippen LogP contribution < -0.4 is 10.1 Å². The molecule has 1 saturated heterocycles. The third-order valence-electron chi connectivity index (χ3n) is 6.14. The van der Waals surface area contributed by atoms with Crippen molar-refractivity contribution in [3.05, 3.63) is 53.9 Å². The smallest absolute Gasteiger partial charge is 0.322 e. The van der Waals surface area contributed by atoms with Crippen LogP contribution >= 0.6 is 0 Å². The highest BCUT2D eigenvalue weighted by atomic mass is 16.5. The number of carbonyl (C=O) groups is 1. The first-order chi connectivity index (χ1) is 14.9. The first-order valence-corrected chi connectivity index (χ1v) is 11.3. The Bertz CT molecular complexity index is 858. The minimum absolute atomic E-state index is 0.0903. The van der Waals surface area contributed by atoms with E-state index >= 15 is 0 Å². The zero-order valence-electron chi connectivity index (χ0n) is 18.9. The number of amides is 2. The zero-order chi connectivity index (χ0) is 21.8. The summed E-state index contributed by atoms with van der Waals surface area (Å²) in [6, 6.07) is 9.61. The van der Waals surface area contributed by atoms with Crippen LogP contribution in [0, 0.1) is 5.41 Å². The van der Waals surface area contributed by atoms with E-state index in [4.69, 9.17) is 4.74 Å². The van der Waals surface area contributed by atoms with E-state index in [-0.39, 0.29) is 12.1 Å². The summed E-state index contributed by atoms with van der Waals surface area (Å²) >= 11 is 0. The second-order valence-corrected chi connectivity index (χ2v) is 9.92. The predicted octanol–water partition coefficient (Wildman–Crippen LogP) is 4.91. The number of fused-ring (bicyclic) bond motifs is 1. The lowest BCUT2D eigenvalue weighted by Crippen LogP contribution is -2.39. The van der Waals surface area contributed by atoms with Gasteiger partial charge in [-0.25, -0.2) is 4.79 Å². The lowest BCUT2D eigenvalue weighted by Gasteiger charge is -2.33. The van der Waals surface area contributed by atoms with Crippen LogP contribution in [0.1, 0.15) is 51.2 Å². The second-order valence-electron chi connectivity index (χ2n) is 9.92. The molecule has 1 aromatic heterocycles. The molecule has 6 heteroatoms. The summed E-state index contributed by atoms with van der Waals surface area (Å²) in [7, 11) is 0. The van der Waals surface area contributed by atoms with Crippen molar-refractivity contribution in [2.24, 2.45) is 5.41 Å². The Balaban J connectivity index is 1.22. The Morgan fingerprint density at radius 3 is 2.48 bits per heavy atom. The molecule has 0 aliphatic carbocycles. The predicted molar refractivity (Wildman–Crippen MR) is 123 cm³/mol. The number of urea groups is 1. The van der Waals surface area contributed by atoms with Gasteiger partial charge in [-0.3, -0.25) is 4.98 Å². The number of likely N-dealkylation sites (tertiary alicyclic amines) is 1. The molecule has 1 N–H and O–H groups in total. The molecule has 2 aromatic rings. The Kier molecular flexibility index (Phi) is 6.46. The molecule has 166 valence electrons. The van der Waals surface area contributed by atoms with Gasteiger partial charge in [0, 0.05) is 44.3 Å². The number of piperidine rings is 1. The van der Waals surface area contributed by atoms with Gasteiger partial charge in [-0.15, -0.1) is 0 Å². The maximum atomic E-state index is 12.6. The summed E-state index contributed by atoms with van der Waals surface area (Å²) in [6.45, 7) is 11.5. The fourth-order valence-electron chi connectivity index (χ4n) is 4.12. The lowest BCUT2D eigenvalue weighted by atomic mass is 9.91. The third kappa shape index (κ3) is 5.97. The van der Waals surface area contributed by atoms with Crippen LogP contribution in [0.15, 0.2) is 42.7 Å². The van der Waals surface area contributed by atoms with Crippen molar-refractivity contribution in [2.45, 2.75) is 59.2 Å². The van der Waals surface area contributed by atoms with Gasteiger partial charge < -0.3 is 19.9 Å². The topological polar surface area (TPSA) is 57.7 Å². The Labute approximate surface area is 185 Å². The molecule has 1 fully saturated rings. The van der Waals surface area contributed by atoms with Crippen molar-refractivity contribution < 1.29 is 9.53 Å². The quantitative estimate of drug-likeness (QED) is 0.744. The van der Waals surface area contributed by atoms with Crippen LogP contribution in [-0.4, -0.2) is 46.6 Å². The number of pyridine rings is 1. The summed E-state index contributed by atoms with van der Waals surface area (Å²) in [5, 5.41) is 2.99. The minimum Gasteiger partial charge on any atom is -0.490 e. The van der Waals surface area contributed by atoms with Gasteiger partial charge in [-0.05, 0) is 72.7 Å². The van der Waals surface area contributed by atoms with E-state index in [1.807, 2.05) is 36.5 Å². The van der Waals surface area contributed by atoms with Gasteiger partial charge in [0.1, 0.15) is 11.9 Å². The number of rotatable bonds is 5. The molecule has 2 aliphatic rings. The molecule has 0 spiro atoms. The first-order valence-electron chi connectivity index (χ1n) is 11.3. The van der Waals surface area contributed by atoms with E-state index in [0.717, 1.165) is 42.9 Å². The number of hydrogen-bond donors (Lipinski definition) is 1. The molecule has 1 aromatic carbocycles. The summed E-state index contributed by atoms with van der Waals surface area (Å²) in [5.41, 5.74) is 3.45. The zero-order valence-corrected chi connectivity index (χ0v) is 18.9. The van der Waals surface area contributed by atoms with Crippen molar-refractivity contribution in [2.75, 3.05) is 25.0 Å². The monoisotopic (exact) mass is 422 g/mol. The van der Waals surface area contributed by atoms with Crippen LogP contribution in [0.5, 0.6) is 5.75 Å². The number of benzene rings is 1. The number of anilines is 1. The van der Waals surface area contributed by atoms with Gasteiger partial charge in [-0.1, -0.05) is 20.8 Å². The van der Waals surface area contributed by atoms with Crippen LogP contribution in [0.3, 0.4) is 0 Å². The summed E-state index contributed by atoms with van der Waals surface area (Å²) < 4.78 is 6.19. The minimum atomic E-state index is -0.0903. The largest absolute Gasteiger partial charge is 0.490 e. The van der Waals surface area contributed by atoms with E-state index in [0.29, 0.717) is 18.5 Å². The average molecular weight is 423 g/mol. The van der Waals surface area contributed by atoms with Crippen LogP contribution in [0.2, 0.25) is 0 Å². The second kappa shape index (κ2) is 9.27. The van der Waals surface area contributed by atoms with Gasteiger partial charge in [0.25, 0.3) is 0 Å². The highest BCUT2D eigenvalue weighted by Crippen LogP contribution is 2.25. The van der Waals surface area contributed by atoms with Crippen LogP contribution in [-0.2, 0) is 13.1 Å². The molecule has 6 nitrogen and oxygen atoms in total. The number of nitrogens with one attached hydrogen (secondary N) is 1. The van der Waals surface area contributed by atoms with Crippen molar-refractivity contribution in [1.82, 2.24) is 14.8 Å². The van der Waals surface area contributed by atoms with E-state index < -0.39 is 0 Å². The highest BCUT2D eigenvalue weighted by molar-refractivity contribution is 5.89. The van der Waals surface area contributed by atoms with E-state index in [1.165, 1.54) is 18.5 Å². The first kappa shape index (κ1) is 21.6. The van der Waals surface area contributed by atoms with Gasteiger partial charge >= 0.3 is 6.03 Å². The van der Waals surface area contributed by atoms with E-state index in [2.05, 4.69) is 36.0 Å². The number of carbonyl (C=O) groups excluding carboxylic acids is 1. The van der Waals surface area contributed by atoms with Crippen LogP contribution in [0.4, 0.5) is 10.5 Å². The van der Waals surface area contributed by atoms with E-state index in [1.54, 1.807) is 11.1 Å². The summed E-state index contributed by atoms with van der Waals surface area (Å²) in [4.78, 5) is 21.1. The molecule has 0 atom stereocenters. The molecule has 0 radical (unpaired) electrons. The maximum absolute atomic E-state index is 12.6. The van der Waals surface area contributed by atoms with Gasteiger partial charge in [0.05, 0.1) is 0 Å². The van der Waals surface area contributed by atoms with Gasteiger partial charge in [0.2, 0.25) is 0 Å². The van der Waals surface area contributed by atoms with Crippen molar-refractivity contribution in [3.63, 3.8) is 0 Å². The average Bonchev–Trinajstić information content (AvgIpc) is 3.19. The lowest BCUT2D eigenvalue weighted by molar-refractivity contribution is 0.0940. The number of hydrogen-bond acceptors (Lipinski definition) is 4. The van der Waals surface area contributed by atoms with Gasteiger partial charge in [-0.2, -0.15) is 0 Å². The fraction of sp³-hybridized carbons (Fsp3) is 0.520. The molecular formula is C25H34N4O2. The van der Waals surface area contributed by atoms with Crippen molar-refractivity contribution in [3.8, 4) is 5.75 Å². The number of nitrogens with zero attached hydrogens (tertiary/aromatic N) is 3. The summed E-state index contributed by atoms with van der Waals surface area (Å²) in [6.07, 6.45) is 7.23. The fourth-order valence-corrected chi connectivity index (χ4v) is 4.12. The molecule has 4 rings (SSSR count). The molecule has 0 bridgehead atoms. The normalized spacial score (nSPS) is 17.5. The summed E-state index contributed by atoms with van der Waals surface area (Å²) in [5.74, 6) is 0.866. The Morgan fingerprint density at radius 2 is 1.81 bits per heavy atom. The Hall–Kier alpha value is -2.60. The molecule has 3 heterocycles. The van der Waals surface area contributed by atoms with Crippen molar-refractivity contribution in [1.29, 1.82) is 0 Å². The standard InChI is InChI=1S/C25H34N4O2/c1-25(2,3)11-15-28-13-9-23(10-14-28)31-22-6-4-21(5-7-22)27-24(30)29-17-19-8-12-26-16-20(19)18-29/h4-8,12,16,23H,9-11,13-15,17-18H2,1-3H3,(H,27,30). The molecule has 31 heavy (non-hydrogen) atoms.